The van der Waals surface area contributed by atoms with Crippen LogP contribution in [0.5, 0.6) is 0 Å². The Morgan fingerprint density at radius 1 is 1.14 bits per heavy atom. The number of allylic oxidation sites excluding steroid dienone is 1. The van der Waals surface area contributed by atoms with Crippen molar-refractivity contribution in [3.63, 3.8) is 0 Å². The number of unbranched alkanes of at least 4 members (excludes halogenated alkanes) is 1. The third-order valence-corrected chi connectivity index (χ3v) is 6.68. The minimum Gasteiger partial charge on any atom is -0.365 e. The van der Waals surface area contributed by atoms with Crippen molar-refractivity contribution in [1.29, 1.82) is 0 Å². The molecule has 1 aromatic carbocycles. The van der Waals surface area contributed by atoms with Gasteiger partial charge in [-0.15, -0.1) is 0 Å². The van der Waals surface area contributed by atoms with E-state index in [0.29, 0.717) is 0 Å². The van der Waals surface area contributed by atoms with Crippen molar-refractivity contribution >= 4 is 12.2 Å². The predicted octanol–water partition coefficient (Wildman–Crippen LogP) is 4.84. The fourth-order valence-electron chi connectivity index (χ4n) is 4.74. The Bertz CT molecular complexity index is 730. The van der Waals surface area contributed by atoms with E-state index >= 15 is 0 Å². The van der Waals surface area contributed by atoms with Gasteiger partial charge in [-0.05, 0) is 56.2 Å². The summed E-state index contributed by atoms with van der Waals surface area (Å²) in [5, 5.41) is 0. The first-order chi connectivity index (χ1) is 14.0. The molecule has 0 spiro atoms. The van der Waals surface area contributed by atoms with E-state index in [0.717, 1.165) is 63.6 Å². The minimum atomic E-state index is -0.00680. The molecule has 0 aromatic heterocycles. The first-order valence-electron chi connectivity index (χ1n) is 11.3. The van der Waals surface area contributed by atoms with Gasteiger partial charge in [-0.2, -0.15) is 0 Å². The summed E-state index contributed by atoms with van der Waals surface area (Å²) in [6.07, 6.45) is 10.6. The molecule has 1 amide bonds. The van der Waals surface area contributed by atoms with Crippen LogP contribution in [0, 0.1) is 5.41 Å². The number of hydrogen-bond acceptors (Lipinski definition) is 3. The first-order valence-corrected chi connectivity index (χ1v) is 11.3. The highest BCUT2D eigenvalue weighted by atomic mass is 16.2. The summed E-state index contributed by atoms with van der Waals surface area (Å²) in [5.41, 5.74) is 3.48. The van der Waals surface area contributed by atoms with E-state index < -0.39 is 0 Å². The summed E-state index contributed by atoms with van der Waals surface area (Å²) >= 11 is 0. The second-order valence-corrected chi connectivity index (χ2v) is 8.88. The maximum Gasteiger partial charge on any atom is 0.253 e. The van der Waals surface area contributed by atoms with E-state index in [-0.39, 0.29) is 17.4 Å². The predicted molar refractivity (Wildman–Crippen MR) is 118 cm³/mol. The second-order valence-electron chi connectivity index (χ2n) is 8.88. The molecule has 0 N–H and O–H groups in total. The van der Waals surface area contributed by atoms with Crippen molar-refractivity contribution in [3.05, 3.63) is 47.2 Å². The van der Waals surface area contributed by atoms with E-state index in [9.17, 15) is 9.59 Å². The summed E-state index contributed by atoms with van der Waals surface area (Å²) in [6, 6.07) is 8.16. The molecule has 4 nitrogen and oxygen atoms in total. The molecule has 1 fully saturated rings. The molecule has 3 rings (SSSR count). The van der Waals surface area contributed by atoms with Gasteiger partial charge in [-0.1, -0.05) is 45.4 Å². The zero-order chi connectivity index (χ0) is 20.9. The van der Waals surface area contributed by atoms with Crippen LogP contribution in [0.4, 0.5) is 0 Å². The van der Waals surface area contributed by atoms with Crippen LogP contribution in [0.15, 0.2) is 36.0 Å². The zero-order valence-electron chi connectivity index (χ0n) is 18.3. The fraction of sp³-hybridized carbons (Fsp3) is 0.600. The fourth-order valence-corrected chi connectivity index (χ4v) is 4.74. The standard InChI is InChI=1S/C25H36N2O2/c1-4-6-7-20-8-10-21(11-9-20)24(29)26-17-14-25(3,15-18-26)23-13-12-22(19-28)27(23)16-5-2/h8-11,13,19,22H,4-7,12,14-18H2,1-3H3. The van der Waals surface area contributed by atoms with Crippen LogP contribution in [0.25, 0.3) is 0 Å². The quantitative estimate of drug-likeness (QED) is 0.591. The van der Waals surface area contributed by atoms with Crippen molar-refractivity contribution in [2.45, 2.75) is 71.8 Å². The molecule has 1 saturated heterocycles. The molecule has 1 atom stereocenters. The monoisotopic (exact) mass is 396 g/mol. The first kappa shape index (κ1) is 21.6. The summed E-state index contributed by atoms with van der Waals surface area (Å²) in [4.78, 5) is 28.8. The highest BCUT2D eigenvalue weighted by Gasteiger charge is 2.40. The average Bonchev–Trinajstić information content (AvgIpc) is 3.16. The molecule has 158 valence electrons. The molecule has 4 heteroatoms. The molecule has 2 aliphatic rings. The number of nitrogens with zero attached hydrogens (tertiary/aromatic N) is 2. The lowest BCUT2D eigenvalue weighted by Gasteiger charge is -2.44. The lowest BCUT2D eigenvalue weighted by atomic mass is 9.77. The van der Waals surface area contributed by atoms with Gasteiger partial charge in [-0.3, -0.25) is 4.79 Å². The van der Waals surface area contributed by atoms with Gasteiger partial charge in [0.2, 0.25) is 0 Å². The number of rotatable bonds is 8. The molecule has 2 heterocycles. The third-order valence-electron chi connectivity index (χ3n) is 6.68. The maximum absolute atomic E-state index is 13.0. The largest absolute Gasteiger partial charge is 0.365 e. The van der Waals surface area contributed by atoms with Gasteiger partial charge in [0.05, 0.1) is 6.04 Å². The topological polar surface area (TPSA) is 40.6 Å². The molecule has 0 bridgehead atoms. The van der Waals surface area contributed by atoms with Gasteiger partial charge in [0.1, 0.15) is 6.29 Å². The molecule has 0 radical (unpaired) electrons. The van der Waals surface area contributed by atoms with Gasteiger partial charge >= 0.3 is 0 Å². The van der Waals surface area contributed by atoms with Crippen LogP contribution in [-0.2, 0) is 11.2 Å². The van der Waals surface area contributed by atoms with Crippen LogP contribution in [0.1, 0.15) is 75.2 Å². The van der Waals surface area contributed by atoms with E-state index in [2.05, 4.69) is 43.9 Å². The number of carbonyl (C=O) groups excluding carboxylic acids is 2. The summed E-state index contributed by atoms with van der Waals surface area (Å²) < 4.78 is 0. The molecular formula is C25H36N2O2. The van der Waals surface area contributed by atoms with E-state index in [4.69, 9.17) is 0 Å². The highest BCUT2D eigenvalue weighted by Crippen LogP contribution is 2.43. The number of likely N-dealkylation sites (tertiary alicyclic amines) is 1. The van der Waals surface area contributed by atoms with E-state index in [1.54, 1.807) is 0 Å². The van der Waals surface area contributed by atoms with Crippen molar-refractivity contribution in [3.8, 4) is 0 Å². The smallest absolute Gasteiger partial charge is 0.253 e. The van der Waals surface area contributed by atoms with Gasteiger partial charge in [-0.25, -0.2) is 0 Å². The number of aryl methyl sites for hydroxylation is 1. The normalized spacial score (nSPS) is 21.2. The molecule has 1 aromatic rings. The molecule has 29 heavy (non-hydrogen) atoms. The van der Waals surface area contributed by atoms with Gasteiger partial charge in [0.25, 0.3) is 5.91 Å². The van der Waals surface area contributed by atoms with Crippen molar-refractivity contribution in [1.82, 2.24) is 9.80 Å². The highest BCUT2D eigenvalue weighted by molar-refractivity contribution is 5.94. The number of amides is 1. The number of carbonyl (C=O) groups is 2. The van der Waals surface area contributed by atoms with Crippen LogP contribution in [0.2, 0.25) is 0 Å². The van der Waals surface area contributed by atoms with Crippen LogP contribution in [-0.4, -0.2) is 47.7 Å². The van der Waals surface area contributed by atoms with Crippen molar-refractivity contribution in [2.75, 3.05) is 19.6 Å². The second kappa shape index (κ2) is 9.60. The Balaban J connectivity index is 1.62. The van der Waals surface area contributed by atoms with Crippen LogP contribution >= 0.6 is 0 Å². The van der Waals surface area contributed by atoms with Gasteiger partial charge in [0.15, 0.2) is 0 Å². The molecule has 2 aliphatic heterocycles. The molecule has 0 aliphatic carbocycles. The number of benzene rings is 1. The summed E-state index contributed by atoms with van der Waals surface area (Å²) in [5.74, 6) is 0.144. The summed E-state index contributed by atoms with van der Waals surface area (Å²) in [6.45, 7) is 9.14. The molecular weight excluding hydrogens is 360 g/mol. The molecule has 0 saturated carbocycles. The van der Waals surface area contributed by atoms with Crippen LogP contribution in [0.3, 0.4) is 0 Å². The van der Waals surface area contributed by atoms with Gasteiger partial charge < -0.3 is 14.6 Å². The number of aldehydes is 1. The van der Waals surface area contributed by atoms with Crippen molar-refractivity contribution < 1.29 is 9.59 Å². The Kier molecular flexibility index (Phi) is 7.15. The maximum atomic E-state index is 13.0. The lowest BCUT2D eigenvalue weighted by Crippen LogP contribution is -2.46. The minimum absolute atomic E-state index is 0.00680. The van der Waals surface area contributed by atoms with Crippen LogP contribution < -0.4 is 0 Å². The van der Waals surface area contributed by atoms with E-state index in [1.807, 2.05) is 17.0 Å². The Labute approximate surface area is 176 Å². The molecule has 1 unspecified atom stereocenters. The zero-order valence-corrected chi connectivity index (χ0v) is 18.3. The third kappa shape index (κ3) is 4.73. The summed E-state index contributed by atoms with van der Waals surface area (Å²) in [7, 11) is 0. The Hall–Kier alpha value is -2.10. The Morgan fingerprint density at radius 3 is 2.41 bits per heavy atom. The van der Waals surface area contributed by atoms with E-state index in [1.165, 1.54) is 24.1 Å². The SMILES string of the molecule is CCCCc1ccc(C(=O)N2CCC(C)(C3=CCC(C=O)N3CCC)CC2)cc1. The van der Waals surface area contributed by atoms with Gasteiger partial charge in [0, 0.05) is 36.3 Å². The lowest BCUT2D eigenvalue weighted by molar-refractivity contribution is -0.111. The number of hydrogen-bond donors (Lipinski definition) is 0. The Morgan fingerprint density at radius 2 is 1.83 bits per heavy atom. The average molecular weight is 397 g/mol. The number of piperidine rings is 1. The van der Waals surface area contributed by atoms with Crippen molar-refractivity contribution in [2.24, 2.45) is 5.41 Å².